The van der Waals surface area contributed by atoms with Crippen LogP contribution in [-0.2, 0) is 11.0 Å². The fourth-order valence-corrected chi connectivity index (χ4v) is 2.20. The molecule has 1 atom stereocenters. The molecule has 0 aliphatic rings. The Morgan fingerprint density at radius 2 is 2.09 bits per heavy atom. The van der Waals surface area contributed by atoms with Gasteiger partial charge >= 0.3 is 12.1 Å². The quantitative estimate of drug-likeness (QED) is 0.849. The largest absolute Gasteiger partial charge is 0.480 e. The normalized spacial score (nSPS) is 13.1. The van der Waals surface area contributed by atoms with E-state index in [0.717, 1.165) is 0 Å². The van der Waals surface area contributed by atoms with Crippen molar-refractivity contribution in [3.05, 3.63) is 28.5 Å². The van der Waals surface area contributed by atoms with Crippen LogP contribution < -0.4 is 5.32 Å². The number of hydrogen-bond acceptors (Lipinski definition) is 4. The topological polar surface area (TPSA) is 75.1 Å². The van der Waals surface area contributed by atoms with Crippen molar-refractivity contribution in [1.82, 2.24) is 9.97 Å². The summed E-state index contributed by atoms with van der Waals surface area (Å²) in [6.45, 7) is 1.61. The van der Waals surface area contributed by atoms with Crippen LogP contribution in [0.4, 0.5) is 19.0 Å². The molecule has 1 aromatic heterocycles. The number of anilines is 1. The Morgan fingerprint density at radius 1 is 1.41 bits per heavy atom. The van der Waals surface area contributed by atoms with Crippen LogP contribution >= 0.6 is 15.9 Å². The molecule has 0 amide bonds. The number of halogens is 4. The molecule has 5 nitrogen and oxygen atoms in total. The second kappa shape index (κ2) is 6.07. The number of alkyl halides is 3. The standard InChI is InChI=1S/C13H11BrF3N3O2/c1-2-8(11(21)22)18-10-7-5-6(14)3-4-9(7)19-12(20-10)13(15,16)17/h3-5,8H,2H2,1H3,(H,21,22)(H,18,19,20). The third kappa shape index (κ3) is 3.46. The van der Waals surface area contributed by atoms with Crippen molar-refractivity contribution in [1.29, 1.82) is 0 Å². The third-order valence-corrected chi connectivity index (χ3v) is 3.42. The molecule has 1 unspecified atom stereocenters. The van der Waals surface area contributed by atoms with Crippen molar-refractivity contribution in [3.63, 3.8) is 0 Å². The van der Waals surface area contributed by atoms with E-state index in [1.54, 1.807) is 13.0 Å². The second-order valence-corrected chi connectivity index (χ2v) is 5.41. The SMILES string of the molecule is CCC(Nc1nc(C(F)(F)F)nc2ccc(Br)cc12)C(=O)O. The summed E-state index contributed by atoms with van der Waals surface area (Å²) in [5, 5.41) is 11.9. The fourth-order valence-electron chi connectivity index (χ4n) is 1.84. The second-order valence-electron chi connectivity index (χ2n) is 4.50. The molecule has 0 bridgehead atoms. The first-order chi connectivity index (χ1) is 10.2. The molecule has 1 aromatic carbocycles. The number of nitrogens with one attached hydrogen (secondary N) is 1. The van der Waals surface area contributed by atoms with E-state index in [1.165, 1.54) is 12.1 Å². The number of aromatic nitrogens is 2. The molecule has 0 saturated carbocycles. The number of carbonyl (C=O) groups is 1. The van der Waals surface area contributed by atoms with Crippen LogP contribution in [0.15, 0.2) is 22.7 Å². The minimum absolute atomic E-state index is 0.0771. The third-order valence-electron chi connectivity index (χ3n) is 2.93. The molecule has 22 heavy (non-hydrogen) atoms. The molecular weight excluding hydrogens is 367 g/mol. The van der Waals surface area contributed by atoms with Gasteiger partial charge in [0.2, 0.25) is 5.82 Å². The van der Waals surface area contributed by atoms with E-state index in [-0.39, 0.29) is 17.8 Å². The van der Waals surface area contributed by atoms with Gasteiger partial charge in [0.05, 0.1) is 5.52 Å². The van der Waals surface area contributed by atoms with Crippen LogP contribution in [0.1, 0.15) is 19.2 Å². The maximum Gasteiger partial charge on any atom is 0.451 e. The molecule has 2 aromatic rings. The lowest BCUT2D eigenvalue weighted by molar-refractivity contribution is -0.144. The van der Waals surface area contributed by atoms with Crippen molar-refractivity contribution in [2.75, 3.05) is 5.32 Å². The molecule has 0 fully saturated rings. The lowest BCUT2D eigenvalue weighted by atomic mass is 10.2. The fraction of sp³-hybridized carbons (Fsp3) is 0.308. The molecular formula is C13H11BrF3N3O2. The van der Waals surface area contributed by atoms with Gasteiger partial charge in [0.15, 0.2) is 0 Å². The lowest BCUT2D eigenvalue weighted by Crippen LogP contribution is -2.29. The Balaban J connectivity index is 2.62. The smallest absolute Gasteiger partial charge is 0.451 e. The first kappa shape index (κ1) is 16.5. The van der Waals surface area contributed by atoms with Gasteiger partial charge in [0, 0.05) is 9.86 Å². The highest BCUT2D eigenvalue weighted by atomic mass is 79.9. The van der Waals surface area contributed by atoms with Crippen LogP contribution in [0, 0.1) is 0 Å². The highest BCUT2D eigenvalue weighted by molar-refractivity contribution is 9.10. The number of benzene rings is 1. The highest BCUT2D eigenvalue weighted by Crippen LogP contribution is 2.31. The van der Waals surface area contributed by atoms with E-state index in [2.05, 4.69) is 31.2 Å². The van der Waals surface area contributed by atoms with E-state index < -0.39 is 24.0 Å². The Labute approximate surface area is 131 Å². The van der Waals surface area contributed by atoms with Crippen molar-refractivity contribution >= 4 is 38.6 Å². The van der Waals surface area contributed by atoms with Gasteiger partial charge in [-0.25, -0.2) is 14.8 Å². The van der Waals surface area contributed by atoms with Gasteiger partial charge in [-0.1, -0.05) is 22.9 Å². The molecule has 0 saturated heterocycles. The number of nitrogens with zero attached hydrogens (tertiary/aromatic N) is 2. The molecule has 1 heterocycles. The first-order valence-corrected chi connectivity index (χ1v) is 7.05. The van der Waals surface area contributed by atoms with Gasteiger partial charge in [-0.15, -0.1) is 0 Å². The zero-order chi connectivity index (χ0) is 16.5. The van der Waals surface area contributed by atoms with E-state index >= 15 is 0 Å². The van der Waals surface area contributed by atoms with Crippen molar-refractivity contribution in [2.24, 2.45) is 0 Å². The van der Waals surface area contributed by atoms with E-state index in [4.69, 9.17) is 5.11 Å². The summed E-state index contributed by atoms with van der Waals surface area (Å²) in [4.78, 5) is 18.0. The average Bonchev–Trinajstić information content (AvgIpc) is 2.43. The summed E-state index contributed by atoms with van der Waals surface area (Å²) in [5.74, 6) is -2.64. The molecule has 2 rings (SSSR count). The van der Waals surface area contributed by atoms with Gasteiger partial charge in [-0.2, -0.15) is 13.2 Å². The number of fused-ring (bicyclic) bond motifs is 1. The predicted octanol–water partition coefficient (Wildman–Crippen LogP) is 3.69. The molecule has 0 radical (unpaired) electrons. The molecule has 0 spiro atoms. The summed E-state index contributed by atoms with van der Waals surface area (Å²) in [7, 11) is 0. The minimum atomic E-state index is -4.72. The van der Waals surface area contributed by atoms with Crippen LogP contribution in [0.2, 0.25) is 0 Å². The van der Waals surface area contributed by atoms with Crippen LogP contribution in [0.5, 0.6) is 0 Å². The average molecular weight is 378 g/mol. The molecule has 0 aliphatic heterocycles. The maximum atomic E-state index is 12.9. The zero-order valence-corrected chi connectivity index (χ0v) is 12.9. The Kier molecular flexibility index (Phi) is 4.55. The van der Waals surface area contributed by atoms with Gasteiger partial charge in [0.1, 0.15) is 11.9 Å². The summed E-state index contributed by atoms with van der Waals surface area (Å²) < 4.78 is 39.2. The Hall–Kier alpha value is -1.90. The van der Waals surface area contributed by atoms with Gasteiger partial charge in [-0.05, 0) is 24.6 Å². The number of carboxylic acids is 1. The Bertz CT molecular complexity index is 721. The molecule has 0 aliphatic carbocycles. The predicted molar refractivity (Wildman–Crippen MR) is 77.6 cm³/mol. The van der Waals surface area contributed by atoms with Gasteiger partial charge < -0.3 is 10.4 Å². The zero-order valence-electron chi connectivity index (χ0n) is 11.3. The molecule has 2 N–H and O–H groups in total. The van der Waals surface area contributed by atoms with Crippen molar-refractivity contribution < 1.29 is 23.1 Å². The van der Waals surface area contributed by atoms with E-state index in [9.17, 15) is 18.0 Å². The number of carboxylic acid groups (broad SMARTS) is 1. The molecule has 118 valence electrons. The summed E-state index contributed by atoms with van der Waals surface area (Å²) in [6.07, 6.45) is -4.53. The van der Waals surface area contributed by atoms with Gasteiger partial charge in [0.25, 0.3) is 0 Å². The van der Waals surface area contributed by atoms with Crippen molar-refractivity contribution in [3.8, 4) is 0 Å². The van der Waals surface area contributed by atoms with E-state index in [0.29, 0.717) is 9.86 Å². The van der Waals surface area contributed by atoms with Crippen LogP contribution in [-0.4, -0.2) is 27.1 Å². The first-order valence-electron chi connectivity index (χ1n) is 6.26. The minimum Gasteiger partial charge on any atom is -0.480 e. The number of hydrogen-bond donors (Lipinski definition) is 2. The Morgan fingerprint density at radius 3 is 2.64 bits per heavy atom. The maximum absolute atomic E-state index is 12.9. The van der Waals surface area contributed by atoms with Crippen LogP contribution in [0.3, 0.4) is 0 Å². The summed E-state index contributed by atoms with van der Waals surface area (Å²) >= 11 is 3.21. The summed E-state index contributed by atoms with van der Waals surface area (Å²) in [6, 6.07) is 3.45. The van der Waals surface area contributed by atoms with E-state index in [1.807, 2.05) is 0 Å². The van der Waals surface area contributed by atoms with Crippen LogP contribution in [0.25, 0.3) is 10.9 Å². The number of rotatable bonds is 4. The lowest BCUT2D eigenvalue weighted by Gasteiger charge is -2.16. The van der Waals surface area contributed by atoms with Crippen molar-refractivity contribution in [2.45, 2.75) is 25.6 Å². The monoisotopic (exact) mass is 377 g/mol. The highest BCUT2D eigenvalue weighted by Gasteiger charge is 2.36. The van der Waals surface area contributed by atoms with Gasteiger partial charge in [-0.3, -0.25) is 0 Å². The summed E-state index contributed by atoms with van der Waals surface area (Å²) in [5.41, 5.74) is 0.0771. The molecule has 9 heteroatoms. The number of aliphatic carboxylic acids is 1.